The van der Waals surface area contributed by atoms with E-state index < -0.39 is 10.0 Å². The molecule has 0 aliphatic carbocycles. The van der Waals surface area contributed by atoms with Gasteiger partial charge in [-0.25, -0.2) is 13.1 Å². The van der Waals surface area contributed by atoms with Gasteiger partial charge in [0.2, 0.25) is 10.0 Å². The van der Waals surface area contributed by atoms with Gasteiger partial charge >= 0.3 is 0 Å². The fraction of sp³-hybridized carbons (Fsp3) is 0.600. The second kappa shape index (κ2) is 6.32. The lowest BCUT2D eigenvalue weighted by Gasteiger charge is -2.23. The summed E-state index contributed by atoms with van der Waals surface area (Å²) in [5.74, 6) is 0. The number of aliphatic hydroxyl groups excluding tert-OH is 1. The Hall–Kier alpha value is 0.530. The summed E-state index contributed by atoms with van der Waals surface area (Å²) in [4.78, 5) is 0.235. The molecule has 1 aromatic rings. The minimum absolute atomic E-state index is 0.0441. The third kappa shape index (κ3) is 4.57. The fourth-order valence-electron chi connectivity index (χ4n) is 1.27. The number of halogens is 2. The molecule has 0 aliphatic heterocycles. The molecular formula is C10H15Br2NO3S2. The molecule has 18 heavy (non-hydrogen) atoms. The lowest BCUT2D eigenvalue weighted by atomic mass is 9.90. The predicted octanol–water partition coefficient (Wildman–Crippen LogP) is 2.96. The van der Waals surface area contributed by atoms with Gasteiger partial charge in [0.05, 0.1) is 7.57 Å². The summed E-state index contributed by atoms with van der Waals surface area (Å²) in [6.07, 6.45) is 0.546. The Morgan fingerprint density at radius 1 is 1.44 bits per heavy atom. The normalized spacial score (nSPS) is 12.9. The highest BCUT2D eigenvalue weighted by atomic mass is 79.9. The van der Waals surface area contributed by atoms with Crippen LogP contribution >= 0.6 is 43.2 Å². The van der Waals surface area contributed by atoms with Crippen LogP contribution in [0.1, 0.15) is 20.3 Å². The first-order valence-corrected chi connectivity index (χ1v) is 9.12. The van der Waals surface area contributed by atoms with Crippen molar-refractivity contribution in [2.24, 2.45) is 5.41 Å². The van der Waals surface area contributed by atoms with Crippen molar-refractivity contribution < 1.29 is 13.5 Å². The van der Waals surface area contributed by atoms with E-state index in [-0.39, 0.29) is 23.5 Å². The number of rotatable bonds is 6. The van der Waals surface area contributed by atoms with E-state index in [1.807, 2.05) is 13.8 Å². The summed E-state index contributed by atoms with van der Waals surface area (Å²) < 4.78 is 28.1. The van der Waals surface area contributed by atoms with Crippen molar-refractivity contribution in [3.63, 3.8) is 0 Å². The minimum atomic E-state index is -3.52. The van der Waals surface area contributed by atoms with Crippen molar-refractivity contribution in [1.29, 1.82) is 0 Å². The zero-order valence-electron chi connectivity index (χ0n) is 10.0. The van der Waals surface area contributed by atoms with Crippen LogP contribution in [0.2, 0.25) is 0 Å². The average Bonchev–Trinajstić information content (AvgIpc) is 2.56. The van der Waals surface area contributed by atoms with E-state index in [2.05, 4.69) is 36.6 Å². The number of aliphatic hydroxyl groups is 1. The predicted molar refractivity (Wildman–Crippen MR) is 80.4 cm³/mol. The molecule has 0 fully saturated rings. The van der Waals surface area contributed by atoms with Crippen LogP contribution in [0.4, 0.5) is 0 Å². The van der Waals surface area contributed by atoms with Crippen LogP contribution in [0.3, 0.4) is 0 Å². The van der Waals surface area contributed by atoms with Gasteiger partial charge in [-0.05, 0) is 49.8 Å². The Balaban J connectivity index is 2.81. The Bertz CT molecular complexity index is 511. The molecule has 2 N–H and O–H groups in total. The van der Waals surface area contributed by atoms with Gasteiger partial charge in [0, 0.05) is 13.2 Å². The molecule has 104 valence electrons. The third-order valence-corrected chi connectivity index (χ3v) is 6.60. The Kier molecular flexibility index (Phi) is 5.82. The summed E-state index contributed by atoms with van der Waals surface area (Å²) in [5, 5.41) is 8.91. The van der Waals surface area contributed by atoms with Gasteiger partial charge in [0.15, 0.2) is 0 Å². The third-order valence-electron chi connectivity index (χ3n) is 2.44. The SMILES string of the molecule is CC(C)(CCO)CNS(=O)(=O)c1cc(Br)sc1Br. The molecule has 0 saturated carbocycles. The molecule has 0 aromatic carbocycles. The highest BCUT2D eigenvalue weighted by Crippen LogP contribution is 2.34. The molecule has 0 radical (unpaired) electrons. The second-order valence-corrected chi connectivity index (χ2v) is 10.1. The van der Waals surface area contributed by atoms with E-state index in [4.69, 9.17) is 5.11 Å². The number of thiophene rings is 1. The van der Waals surface area contributed by atoms with Crippen molar-refractivity contribution in [3.05, 3.63) is 13.6 Å². The molecule has 0 unspecified atom stereocenters. The van der Waals surface area contributed by atoms with E-state index in [0.29, 0.717) is 10.2 Å². The maximum atomic E-state index is 12.1. The second-order valence-electron chi connectivity index (χ2n) is 4.65. The smallest absolute Gasteiger partial charge is 0.242 e. The number of hydrogen-bond donors (Lipinski definition) is 2. The largest absolute Gasteiger partial charge is 0.396 e. The highest BCUT2D eigenvalue weighted by Gasteiger charge is 2.24. The monoisotopic (exact) mass is 419 g/mol. The quantitative estimate of drug-likeness (QED) is 0.743. The number of hydrogen-bond acceptors (Lipinski definition) is 4. The maximum Gasteiger partial charge on any atom is 0.242 e. The molecule has 0 spiro atoms. The Morgan fingerprint density at radius 2 is 2.06 bits per heavy atom. The summed E-state index contributed by atoms with van der Waals surface area (Å²) in [6.45, 7) is 4.15. The van der Waals surface area contributed by atoms with Gasteiger partial charge < -0.3 is 5.11 Å². The van der Waals surface area contributed by atoms with Gasteiger partial charge in [-0.3, -0.25) is 0 Å². The molecule has 4 nitrogen and oxygen atoms in total. The standard InChI is InChI=1S/C10H15Br2NO3S2/c1-10(2,3-4-14)6-13-18(15,16)7-5-8(11)17-9(7)12/h5,13-14H,3-4,6H2,1-2H3. The maximum absolute atomic E-state index is 12.1. The average molecular weight is 421 g/mol. The molecule has 0 saturated heterocycles. The topological polar surface area (TPSA) is 66.4 Å². The molecular weight excluding hydrogens is 406 g/mol. The summed E-state index contributed by atoms with van der Waals surface area (Å²) >= 11 is 7.80. The number of sulfonamides is 1. The van der Waals surface area contributed by atoms with Crippen molar-refractivity contribution in [2.75, 3.05) is 13.2 Å². The molecule has 1 rings (SSSR count). The first-order chi connectivity index (χ1) is 8.18. The van der Waals surface area contributed by atoms with Gasteiger partial charge in [0.1, 0.15) is 4.90 Å². The Morgan fingerprint density at radius 3 is 2.50 bits per heavy atom. The molecule has 1 aromatic heterocycles. The molecule has 0 atom stereocenters. The van der Waals surface area contributed by atoms with E-state index in [1.165, 1.54) is 11.3 Å². The zero-order valence-corrected chi connectivity index (χ0v) is 14.8. The summed E-state index contributed by atoms with van der Waals surface area (Å²) in [5.41, 5.74) is -0.276. The van der Waals surface area contributed by atoms with Crippen molar-refractivity contribution in [2.45, 2.75) is 25.2 Å². The van der Waals surface area contributed by atoms with E-state index in [0.717, 1.165) is 3.79 Å². The van der Waals surface area contributed by atoms with Crippen LogP contribution in [-0.4, -0.2) is 26.7 Å². The van der Waals surface area contributed by atoms with Crippen LogP contribution in [0.5, 0.6) is 0 Å². The van der Waals surface area contributed by atoms with Gasteiger partial charge in [-0.1, -0.05) is 13.8 Å². The first kappa shape index (κ1) is 16.6. The minimum Gasteiger partial charge on any atom is -0.396 e. The number of nitrogens with one attached hydrogen (secondary N) is 1. The van der Waals surface area contributed by atoms with Crippen molar-refractivity contribution in [3.8, 4) is 0 Å². The highest BCUT2D eigenvalue weighted by molar-refractivity contribution is 9.12. The lowest BCUT2D eigenvalue weighted by Crippen LogP contribution is -2.34. The van der Waals surface area contributed by atoms with Crippen LogP contribution in [0.25, 0.3) is 0 Å². The summed E-state index contributed by atoms with van der Waals surface area (Å²) in [6, 6.07) is 1.57. The summed E-state index contributed by atoms with van der Waals surface area (Å²) in [7, 11) is -3.52. The molecule has 0 amide bonds. The van der Waals surface area contributed by atoms with E-state index in [9.17, 15) is 8.42 Å². The van der Waals surface area contributed by atoms with Crippen LogP contribution < -0.4 is 4.72 Å². The van der Waals surface area contributed by atoms with Crippen molar-refractivity contribution in [1.82, 2.24) is 4.72 Å². The van der Waals surface area contributed by atoms with Crippen LogP contribution in [-0.2, 0) is 10.0 Å². The van der Waals surface area contributed by atoms with Gasteiger partial charge in [-0.2, -0.15) is 0 Å². The molecule has 8 heteroatoms. The zero-order chi connectivity index (χ0) is 14.0. The van der Waals surface area contributed by atoms with Gasteiger partial charge in [-0.15, -0.1) is 11.3 Å². The molecule has 1 heterocycles. The van der Waals surface area contributed by atoms with Crippen LogP contribution in [0, 0.1) is 5.41 Å². The first-order valence-electron chi connectivity index (χ1n) is 5.23. The molecule has 0 bridgehead atoms. The fourth-order valence-corrected chi connectivity index (χ4v) is 6.32. The van der Waals surface area contributed by atoms with E-state index >= 15 is 0 Å². The van der Waals surface area contributed by atoms with E-state index in [1.54, 1.807) is 6.07 Å². The van der Waals surface area contributed by atoms with Crippen molar-refractivity contribution >= 4 is 53.2 Å². The van der Waals surface area contributed by atoms with Gasteiger partial charge in [0.25, 0.3) is 0 Å². The molecule has 0 aliphatic rings. The lowest BCUT2D eigenvalue weighted by molar-refractivity contribution is 0.213. The Labute approximate surface area is 128 Å². The van der Waals surface area contributed by atoms with Crippen LogP contribution in [0.15, 0.2) is 18.5 Å².